The molecule has 0 atom stereocenters. The highest BCUT2D eigenvalue weighted by Gasteiger charge is 2.05. The Morgan fingerprint density at radius 2 is 2.04 bits per heavy atom. The van der Waals surface area contributed by atoms with Crippen molar-refractivity contribution in [3.63, 3.8) is 0 Å². The molecule has 0 aliphatic rings. The maximum absolute atomic E-state index is 8.98. The SMILES string of the molecule is N#Cc1cccc(Nc2nncc(NCCc3c[nH]c4ccccc34)n2)c1. The second-order valence-electron chi connectivity index (χ2n) is 6.02. The molecule has 0 saturated carbocycles. The van der Waals surface area contributed by atoms with Crippen LogP contribution in [0.2, 0.25) is 0 Å². The van der Waals surface area contributed by atoms with Crippen LogP contribution in [0, 0.1) is 11.3 Å². The molecule has 4 rings (SSSR count). The maximum Gasteiger partial charge on any atom is 0.249 e. The third kappa shape index (κ3) is 3.85. The number of nitrogens with one attached hydrogen (secondary N) is 3. The van der Waals surface area contributed by atoms with Crippen molar-refractivity contribution >= 4 is 28.4 Å². The lowest BCUT2D eigenvalue weighted by Gasteiger charge is -2.07. The molecule has 132 valence electrons. The van der Waals surface area contributed by atoms with Crippen molar-refractivity contribution < 1.29 is 0 Å². The fourth-order valence-corrected chi connectivity index (χ4v) is 2.90. The monoisotopic (exact) mass is 355 g/mol. The van der Waals surface area contributed by atoms with Crippen LogP contribution in [-0.4, -0.2) is 26.7 Å². The minimum Gasteiger partial charge on any atom is -0.368 e. The summed E-state index contributed by atoms with van der Waals surface area (Å²) in [5.41, 5.74) is 3.71. The highest BCUT2D eigenvalue weighted by atomic mass is 15.3. The van der Waals surface area contributed by atoms with Crippen molar-refractivity contribution in [3.05, 3.63) is 72.1 Å². The summed E-state index contributed by atoms with van der Waals surface area (Å²) in [6.45, 7) is 0.726. The summed E-state index contributed by atoms with van der Waals surface area (Å²) < 4.78 is 0. The van der Waals surface area contributed by atoms with Crippen LogP contribution in [0.4, 0.5) is 17.5 Å². The summed E-state index contributed by atoms with van der Waals surface area (Å²) in [5.74, 6) is 1.02. The molecule has 2 aromatic carbocycles. The molecule has 0 fully saturated rings. The summed E-state index contributed by atoms with van der Waals surface area (Å²) in [6.07, 6.45) is 4.49. The third-order valence-electron chi connectivity index (χ3n) is 4.18. The standard InChI is InChI=1S/C20H17N7/c21-11-14-4-3-5-16(10-14)25-20-26-19(13-24-27-20)22-9-8-15-12-23-18-7-2-1-6-17(15)18/h1-7,10,12-13,23H,8-9H2,(H2,22,25,26,27). The summed E-state index contributed by atoms with van der Waals surface area (Å²) in [7, 11) is 0. The number of anilines is 3. The Balaban J connectivity index is 1.40. The first-order chi connectivity index (χ1) is 13.3. The van der Waals surface area contributed by atoms with E-state index >= 15 is 0 Å². The smallest absolute Gasteiger partial charge is 0.249 e. The first-order valence-electron chi connectivity index (χ1n) is 8.57. The first-order valence-corrected chi connectivity index (χ1v) is 8.57. The van der Waals surface area contributed by atoms with E-state index in [9.17, 15) is 0 Å². The summed E-state index contributed by atoms with van der Waals surface area (Å²) >= 11 is 0. The molecule has 7 heteroatoms. The van der Waals surface area contributed by atoms with Crippen molar-refractivity contribution in [2.24, 2.45) is 0 Å². The summed E-state index contributed by atoms with van der Waals surface area (Å²) in [5, 5.41) is 24.5. The number of nitriles is 1. The predicted molar refractivity (Wildman–Crippen MR) is 105 cm³/mol. The van der Waals surface area contributed by atoms with Crippen LogP contribution in [0.5, 0.6) is 0 Å². The molecular formula is C20H17N7. The predicted octanol–water partition coefficient (Wildman–Crippen LogP) is 3.62. The van der Waals surface area contributed by atoms with Crippen LogP contribution in [0.3, 0.4) is 0 Å². The van der Waals surface area contributed by atoms with Gasteiger partial charge in [-0.2, -0.15) is 15.3 Å². The number of hydrogen-bond donors (Lipinski definition) is 3. The number of rotatable bonds is 6. The summed E-state index contributed by atoms with van der Waals surface area (Å²) in [4.78, 5) is 7.70. The van der Waals surface area contributed by atoms with Crippen LogP contribution in [0.1, 0.15) is 11.1 Å². The Morgan fingerprint density at radius 1 is 1.11 bits per heavy atom. The average molecular weight is 355 g/mol. The van der Waals surface area contributed by atoms with Gasteiger partial charge in [0, 0.05) is 29.3 Å². The zero-order valence-electron chi connectivity index (χ0n) is 14.5. The molecule has 7 nitrogen and oxygen atoms in total. The summed E-state index contributed by atoms with van der Waals surface area (Å²) in [6, 6.07) is 17.5. The van der Waals surface area contributed by atoms with Crippen LogP contribution < -0.4 is 10.6 Å². The van der Waals surface area contributed by atoms with Gasteiger partial charge in [-0.05, 0) is 36.2 Å². The molecule has 0 spiro atoms. The number of nitrogens with zero attached hydrogens (tertiary/aromatic N) is 4. The lowest BCUT2D eigenvalue weighted by atomic mass is 10.1. The average Bonchev–Trinajstić information content (AvgIpc) is 3.12. The lowest BCUT2D eigenvalue weighted by Crippen LogP contribution is -2.08. The Hall–Kier alpha value is -3.92. The Morgan fingerprint density at radius 3 is 2.96 bits per heavy atom. The van der Waals surface area contributed by atoms with Crippen molar-refractivity contribution in [2.75, 3.05) is 17.2 Å². The number of H-pyrrole nitrogens is 1. The largest absolute Gasteiger partial charge is 0.368 e. The maximum atomic E-state index is 8.98. The van der Waals surface area contributed by atoms with Gasteiger partial charge in [0.2, 0.25) is 5.95 Å². The van der Waals surface area contributed by atoms with Crippen LogP contribution >= 0.6 is 0 Å². The minimum atomic E-state index is 0.377. The van der Waals surface area contributed by atoms with Gasteiger partial charge in [-0.15, -0.1) is 5.10 Å². The highest BCUT2D eigenvalue weighted by molar-refractivity contribution is 5.83. The van der Waals surface area contributed by atoms with Crippen LogP contribution in [0.25, 0.3) is 10.9 Å². The molecule has 27 heavy (non-hydrogen) atoms. The third-order valence-corrected chi connectivity index (χ3v) is 4.18. The second-order valence-corrected chi connectivity index (χ2v) is 6.02. The van der Waals surface area contributed by atoms with Gasteiger partial charge in [-0.25, -0.2) is 0 Å². The fourth-order valence-electron chi connectivity index (χ4n) is 2.90. The zero-order chi connectivity index (χ0) is 18.5. The first kappa shape index (κ1) is 16.5. The van der Waals surface area contributed by atoms with Crippen LogP contribution in [-0.2, 0) is 6.42 Å². The molecule has 0 aliphatic heterocycles. The topological polar surface area (TPSA) is 102 Å². The molecule has 0 aliphatic carbocycles. The Kier molecular flexibility index (Phi) is 4.62. The van der Waals surface area contributed by atoms with E-state index in [4.69, 9.17) is 5.26 Å². The van der Waals surface area contributed by atoms with Crippen molar-refractivity contribution in [1.29, 1.82) is 5.26 Å². The zero-order valence-corrected chi connectivity index (χ0v) is 14.5. The van der Waals surface area contributed by atoms with Crippen LogP contribution in [0.15, 0.2) is 60.9 Å². The van der Waals surface area contributed by atoms with Crippen molar-refractivity contribution in [1.82, 2.24) is 20.2 Å². The van der Waals surface area contributed by atoms with Gasteiger partial charge < -0.3 is 15.6 Å². The molecule has 0 saturated heterocycles. The van der Waals surface area contributed by atoms with Gasteiger partial charge in [0.15, 0.2) is 5.82 Å². The van der Waals surface area contributed by atoms with E-state index in [0.717, 1.165) is 24.2 Å². The number of hydrogen-bond acceptors (Lipinski definition) is 6. The number of fused-ring (bicyclic) bond motifs is 1. The van der Waals surface area contributed by atoms with Gasteiger partial charge in [-0.1, -0.05) is 24.3 Å². The molecule has 0 amide bonds. The van der Waals surface area contributed by atoms with E-state index in [1.807, 2.05) is 24.4 Å². The number of aromatic amines is 1. The quantitative estimate of drug-likeness (QED) is 0.488. The molecule has 0 unspecified atom stereocenters. The van der Waals surface area contributed by atoms with E-state index in [0.29, 0.717) is 17.3 Å². The van der Waals surface area contributed by atoms with Crippen molar-refractivity contribution in [2.45, 2.75) is 6.42 Å². The minimum absolute atomic E-state index is 0.377. The number of para-hydroxylation sites is 1. The fraction of sp³-hybridized carbons (Fsp3) is 0.100. The van der Waals surface area contributed by atoms with Gasteiger partial charge in [0.1, 0.15) is 0 Å². The Bertz CT molecular complexity index is 1110. The highest BCUT2D eigenvalue weighted by Crippen LogP contribution is 2.18. The number of benzene rings is 2. The number of aromatic nitrogens is 4. The molecular weight excluding hydrogens is 338 g/mol. The molecule has 4 aromatic rings. The molecule has 2 heterocycles. The van der Waals surface area contributed by atoms with E-state index < -0.39 is 0 Å². The van der Waals surface area contributed by atoms with Gasteiger partial charge in [0.25, 0.3) is 0 Å². The molecule has 2 aromatic heterocycles. The van der Waals surface area contributed by atoms with Gasteiger partial charge >= 0.3 is 0 Å². The molecule has 0 radical (unpaired) electrons. The van der Waals surface area contributed by atoms with E-state index in [-0.39, 0.29) is 0 Å². The lowest BCUT2D eigenvalue weighted by molar-refractivity contribution is 0.952. The second kappa shape index (κ2) is 7.54. The van der Waals surface area contributed by atoms with Gasteiger partial charge in [0.05, 0.1) is 17.8 Å². The normalized spacial score (nSPS) is 10.5. The van der Waals surface area contributed by atoms with E-state index in [1.54, 1.807) is 24.4 Å². The molecule has 3 N–H and O–H groups in total. The van der Waals surface area contributed by atoms with E-state index in [2.05, 4.69) is 49.0 Å². The van der Waals surface area contributed by atoms with E-state index in [1.165, 1.54) is 10.9 Å². The molecule has 0 bridgehead atoms. The van der Waals surface area contributed by atoms with Crippen molar-refractivity contribution in [3.8, 4) is 6.07 Å². The Labute approximate surface area is 156 Å². The van der Waals surface area contributed by atoms with Gasteiger partial charge in [-0.3, -0.25) is 0 Å².